The van der Waals surface area contributed by atoms with Crippen LogP contribution in [0.3, 0.4) is 0 Å². The maximum absolute atomic E-state index is 13.2. The van der Waals surface area contributed by atoms with Crippen molar-refractivity contribution in [3.8, 4) is 11.8 Å². The first-order chi connectivity index (χ1) is 15.5. The number of unbranched alkanes of at least 4 members (excludes halogenated alkanes) is 1. The Balaban J connectivity index is 1.73. The topological polar surface area (TPSA) is 91.0 Å². The molecule has 1 aliphatic heterocycles. The number of carbonyl (C=O) groups is 2. The molecule has 0 bridgehead atoms. The maximum Gasteiger partial charge on any atom is 0.268 e. The quantitative estimate of drug-likeness (QED) is 0.472. The summed E-state index contributed by atoms with van der Waals surface area (Å²) in [7, 11) is 0. The fraction of sp³-hybridized carbons (Fsp3) is 0.200. The van der Waals surface area contributed by atoms with Crippen LogP contribution in [0.5, 0.6) is 0 Å². The second-order valence-corrected chi connectivity index (χ2v) is 7.56. The van der Waals surface area contributed by atoms with E-state index in [0.29, 0.717) is 23.6 Å². The van der Waals surface area contributed by atoms with Gasteiger partial charge in [-0.1, -0.05) is 49.7 Å². The van der Waals surface area contributed by atoms with Gasteiger partial charge in [0.1, 0.15) is 17.5 Å². The van der Waals surface area contributed by atoms with Gasteiger partial charge in [-0.3, -0.25) is 9.59 Å². The smallest absolute Gasteiger partial charge is 0.268 e. The van der Waals surface area contributed by atoms with Crippen LogP contribution in [0.2, 0.25) is 0 Å². The third-order valence-electron chi connectivity index (χ3n) is 5.32. The lowest BCUT2D eigenvalue weighted by atomic mass is 10.0. The molecule has 0 aliphatic carbocycles. The minimum absolute atomic E-state index is 0.138. The van der Waals surface area contributed by atoms with Gasteiger partial charge in [-0.25, -0.2) is 4.68 Å². The number of hydrogen-bond acceptors (Lipinski definition) is 4. The van der Waals surface area contributed by atoms with E-state index in [9.17, 15) is 14.9 Å². The Labute approximate surface area is 186 Å². The number of nitriles is 1. The summed E-state index contributed by atoms with van der Waals surface area (Å²) in [4.78, 5) is 28.1. The van der Waals surface area contributed by atoms with Gasteiger partial charge in [-0.05, 0) is 31.5 Å². The lowest BCUT2D eigenvalue weighted by Gasteiger charge is -2.16. The Hall–Kier alpha value is -4.18. The number of benzene rings is 2. The largest absolute Gasteiger partial charge is 0.308 e. The molecule has 32 heavy (non-hydrogen) atoms. The number of amides is 2. The first kappa shape index (κ1) is 21.1. The van der Waals surface area contributed by atoms with E-state index in [2.05, 4.69) is 17.3 Å². The number of fused-ring (bicyclic) bond motifs is 1. The third-order valence-corrected chi connectivity index (χ3v) is 5.32. The second-order valence-electron chi connectivity index (χ2n) is 7.56. The number of para-hydroxylation sites is 2. The van der Waals surface area contributed by atoms with Crippen LogP contribution in [0, 0.1) is 18.3 Å². The molecule has 0 atom stereocenters. The minimum atomic E-state index is -0.639. The van der Waals surface area contributed by atoms with Gasteiger partial charge in [-0.15, -0.1) is 0 Å². The van der Waals surface area contributed by atoms with Gasteiger partial charge in [0, 0.05) is 18.2 Å². The molecule has 4 rings (SSSR count). The van der Waals surface area contributed by atoms with Gasteiger partial charge in [0.25, 0.3) is 11.8 Å². The Morgan fingerprint density at radius 2 is 1.84 bits per heavy atom. The average Bonchev–Trinajstić information content (AvgIpc) is 3.30. The summed E-state index contributed by atoms with van der Waals surface area (Å²) >= 11 is 0. The molecule has 160 valence electrons. The van der Waals surface area contributed by atoms with Crippen molar-refractivity contribution in [1.82, 2.24) is 9.78 Å². The monoisotopic (exact) mass is 425 g/mol. The van der Waals surface area contributed by atoms with Gasteiger partial charge in [0.15, 0.2) is 0 Å². The first-order valence-corrected chi connectivity index (χ1v) is 10.5. The van der Waals surface area contributed by atoms with Gasteiger partial charge in [0.05, 0.1) is 22.6 Å². The highest BCUT2D eigenvalue weighted by Gasteiger charge is 2.36. The Morgan fingerprint density at radius 1 is 1.12 bits per heavy atom. The predicted octanol–water partition coefficient (Wildman–Crippen LogP) is 4.24. The number of anilines is 2. The predicted molar refractivity (Wildman–Crippen MR) is 123 cm³/mol. The highest BCUT2D eigenvalue weighted by molar-refractivity contribution is 6.37. The van der Waals surface area contributed by atoms with Crippen molar-refractivity contribution in [2.24, 2.45) is 0 Å². The summed E-state index contributed by atoms with van der Waals surface area (Å²) in [6, 6.07) is 20.3. The normalized spacial score (nSPS) is 14.2. The number of aryl methyl sites for hydroxylation is 1. The van der Waals surface area contributed by atoms with Gasteiger partial charge < -0.3 is 10.2 Å². The van der Waals surface area contributed by atoms with E-state index in [4.69, 9.17) is 0 Å². The highest BCUT2D eigenvalue weighted by Crippen LogP contribution is 2.38. The summed E-state index contributed by atoms with van der Waals surface area (Å²) in [5, 5.41) is 17.1. The van der Waals surface area contributed by atoms with Crippen molar-refractivity contribution in [2.45, 2.75) is 26.7 Å². The number of carbonyl (C=O) groups excluding carboxylic acids is 2. The lowest BCUT2D eigenvalue weighted by Crippen LogP contribution is -2.28. The van der Waals surface area contributed by atoms with Crippen LogP contribution in [0.15, 0.2) is 66.2 Å². The van der Waals surface area contributed by atoms with E-state index >= 15 is 0 Å². The van der Waals surface area contributed by atoms with Crippen LogP contribution in [0.1, 0.15) is 31.0 Å². The SMILES string of the molecule is CCCCN1C(=O)C(=C(C#N)C(=O)Nc2cc(C)nn2-c2ccccc2)c2ccccc21. The summed E-state index contributed by atoms with van der Waals surface area (Å²) in [5.41, 5.74) is 2.75. The number of aromatic nitrogens is 2. The molecule has 2 aromatic carbocycles. The zero-order valence-electron chi connectivity index (χ0n) is 18.0. The summed E-state index contributed by atoms with van der Waals surface area (Å²) in [6.45, 7) is 4.41. The molecule has 0 saturated carbocycles. The molecule has 1 N–H and O–H groups in total. The van der Waals surface area contributed by atoms with E-state index in [1.54, 1.807) is 27.8 Å². The number of rotatable bonds is 6. The van der Waals surface area contributed by atoms with E-state index in [0.717, 1.165) is 24.2 Å². The molecule has 0 unspecified atom stereocenters. The van der Waals surface area contributed by atoms with Crippen molar-refractivity contribution in [2.75, 3.05) is 16.8 Å². The summed E-state index contributed by atoms with van der Waals surface area (Å²) in [5.74, 6) is -0.534. The highest BCUT2D eigenvalue weighted by atomic mass is 16.2. The zero-order chi connectivity index (χ0) is 22.7. The number of nitrogens with zero attached hydrogens (tertiary/aromatic N) is 4. The van der Waals surface area contributed by atoms with E-state index in [-0.39, 0.29) is 17.1 Å². The fourth-order valence-corrected chi connectivity index (χ4v) is 3.81. The molecule has 0 radical (unpaired) electrons. The van der Waals surface area contributed by atoms with Crippen LogP contribution >= 0.6 is 0 Å². The molecule has 1 aliphatic rings. The molecule has 2 heterocycles. The zero-order valence-corrected chi connectivity index (χ0v) is 18.0. The van der Waals surface area contributed by atoms with Crippen LogP contribution in [-0.4, -0.2) is 28.1 Å². The van der Waals surface area contributed by atoms with Crippen molar-refractivity contribution in [3.63, 3.8) is 0 Å². The molecule has 0 spiro atoms. The Bertz CT molecular complexity index is 1250. The molecule has 2 amide bonds. The van der Waals surface area contributed by atoms with Crippen LogP contribution < -0.4 is 10.2 Å². The summed E-state index contributed by atoms with van der Waals surface area (Å²) < 4.78 is 1.60. The first-order valence-electron chi connectivity index (χ1n) is 10.5. The lowest BCUT2D eigenvalue weighted by molar-refractivity contribution is -0.114. The molecule has 0 fully saturated rings. The van der Waals surface area contributed by atoms with Crippen molar-refractivity contribution >= 4 is 28.9 Å². The second kappa shape index (κ2) is 8.90. The fourth-order valence-electron chi connectivity index (χ4n) is 3.81. The Kier molecular flexibility index (Phi) is 5.86. The molecular weight excluding hydrogens is 402 g/mol. The maximum atomic E-state index is 13.2. The van der Waals surface area contributed by atoms with E-state index in [1.165, 1.54) is 0 Å². The van der Waals surface area contributed by atoms with Crippen molar-refractivity contribution in [1.29, 1.82) is 5.26 Å². The van der Waals surface area contributed by atoms with Gasteiger partial charge in [-0.2, -0.15) is 10.4 Å². The van der Waals surface area contributed by atoms with Crippen LogP contribution in [0.4, 0.5) is 11.5 Å². The molecule has 0 saturated heterocycles. The van der Waals surface area contributed by atoms with Gasteiger partial charge >= 0.3 is 0 Å². The molecule has 3 aromatic rings. The Morgan fingerprint density at radius 3 is 2.56 bits per heavy atom. The summed E-state index contributed by atoms with van der Waals surface area (Å²) in [6.07, 6.45) is 1.76. The van der Waals surface area contributed by atoms with Crippen LogP contribution in [0.25, 0.3) is 11.3 Å². The molecule has 7 heteroatoms. The van der Waals surface area contributed by atoms with E-state index in [1.807, 2.05) is 55.5 Å². The van der Waals surface area contributed by atoms with E-state index < -0.39 is 5.91 Å². The molecule has 1 aromatic heterocycles. The van der Waals surface area contributed by atoms with Crippen LogP contribution in [-0.2, 0) is 9.59 Å². The van der Waals surface area contributed by atoms with Gasteiger partial charge in [0.2, 0.25) is 0 Å². The third kappa shape index (κ3) is 3.79. The number of nitrogens with one attached hydrogen (secondary N) is 1. The number of hydrogen-bond donors (Lipinski definition) is 1. The molecule has 7 nitrogen and oxygen atoms in total. The minimum Gasteiger partial charge on any atom is -0.308 e. The standard InChI is InChI=1S/C25H23N5O2/c1-3-4-14-29-21-13-9-8-12-19(21)23(25(29)32)20(16-26)24(31)27-22-15-17(2)28-30(22)18-10-6-5-7-11-18/h5-13,15H,3-4,14H2,1-2H3,(H,27,31). The van der Waals surface area contributed by atoms with Crippen molar-refractivity contribution < 1.29 is 9.59 Å². The van der Waals surface area contributed by atoms with Crippen molar-refractivity contribution in [3.05, 3.63) is 77.5 Å². The average molecular weight is 425 g/mol. The molecular formula is C25H23N5O2.